The van der Waals surface area contributed by atoms with Crippen molar-refractivity contribution < 1.29 is 9.53 Å². The van der Waals surface area contributed by atoms with Gasteiger partial charge in [-0.05, 0) is 25.7 Å². The summed E-state index contributed by atoms with van der Waals surface area (Å²) in [5.41, 5.74) is 0.143. The van der Waals surface area contributed by atoms with Crippen LogP contribution in [0.1, 0.15) is 39.5 Å². The molecule has 0 aromatic heterocycles. The van der Waals surface area contributed by atoms with Crippen molar-refractivity contribution in [1.29, 1.82) is 0 Å². The molecule has 2 aliphatic carbocycles. The van der Waals surface area contributed by atoms with Gasteiger partial charge >= 0.3 is 0 Å². The lowest BCUT2D eigenvalue weighted by atomic mass is 9.55. The van der Waals surface area contributed by atoms with Gasteiger partial charge in [-0.1, -0.05) is 13.8 Å². The quantitative estimate of drug-likeness (QED) is 0.557. The number of hydrogen-bond donors (Lipinski definition) is 2. The Bertz CT molecular complexity index is 581. The number of piperazine rings is 1. The Morgan fingerprint density at radius 3 is 2.56 bits per heavy atom. The number of nitrogens with zero attached hydrogens (tertiary/aromatic N) is 3. The fraction of sp³-hybridized carbons (Fsp3) is 0.900. The van der Waals surface area contributed by atoms with Gasteiger partial charge in [0.05, 0.1) is 12.6 Å². The average Bonchev–Trinajstić information content (AvgIpc) is 3.47. The molecule has 0 aromatic rings. The number of hydrogen-bond acceptors (Lipinski definition) is 4. The van der Waals surface area contributed by atoms with Crippen LogP contribution in [0.4, 0.5) is 0 Å². The summed E-state index contributed by atoms with van der Waals surface area (Å²) in [5, 5.41) is 6.83. The molecule has 1 amide bonds. The first kappa shape index (κ1) is 19.0. The first-order chi connectivity index (χ1) is 13.0. The molecule has 2 saturated heterocycles. The molecule has 2 N–H and O–H groups in total. The van der Waals surface area contributed by atoms with E-state index >= 15 is 0 Å². The second-order valence-electron chi connectivity index (χ2n) is 9.19. The zero-order chi connectivity index (χ0) is 19.0. The Balaban J connectivity index is 1.27. The smallest absolute Gasteiger partial charge is 0.234 e. The van der Waals surface area contributed by atoms with Gasteiger partial charge in [0.2, 0.25) is 5.91 Å². The SMILES string of the molecule is CN=C(NC1C2CCCOC2C1(C)C)N1CCN(CC(=O)NC2CC2)CC1. The van der Waals surface area contributed by atoms with E-state index in [0.717, 1.165) is 58.0 Å². The molecule has 2 heterocycles. The van der Waals surface area contributed by atoms with Crippen molar-refractivity contribution in [2.75, 3.05) is 46.4 Å². The van der Waals surface area contributed by atoms with E-state index < -0.39 is 0 Å². The van der Waals surface area contributed by atoms with E-state index in [4.69, 9.17) is 4.74 Å². The minimum Gasteiger partial charge on any atom is -0.377 e. The standard InChI is InChI=1S/C20H35N5O2/c1-20(2)17(15-5-4-12-27-18(15)20)23-19(21-3)25-10-8-24(9-11-25)13-16(26)22-14-6-7-14/h14-15,17-18H,4-13H2,1-3H3,(H,21,23)(H,22,26). The maximum atomic E-state index is 12.0. The number of amides is 1. The van der Waals surface area contributed by atoms with Crippen molar-refractivity contribution >= 4 is 11.9 Å². The van der Waals surface area contributed by atoms with E-state index in [9.17, 15) is 4.79 Å². The van der Waals surface area contributed by atoms with Crippen LogP contribution in [0.15, 0.2) is 4.99 Å². The molecule has 2 aliphatic heterocycles. The Kier molecular flexibility index (Phi) is 5.34. The molecule has 4 aliphatic rings. The lowest BCUT2D eigenvalue weighted by molar-refractivity contribution is -0.188. The van der Waals surface area contributed by atoms with Gasteiger partial charge in [-0.15, -0.1) is 0 Å². The number of nitrogens with one attached hydrogen (secondary N) is 2. The van der Waals surface area contributed by atoms with Crippen LogP contribution in [0.5, 0.6) is 0 Å². The molecular weight excluding hydrogens is 342 g/mol. The molecule has 4 fully saturated rings. The summed E-state index contributed by atoms with van der Waals surface area (Å²) in [6.45, 7) is 9.67. The summed E-state index contributed by atoms with van der Waals surface area (Å²) >= 11 is 0. The minimum absolute atomic E-state index is 0.143. The summed E-state index contributed by atoms with van der Waals surface area (Å²) < 4.78 is 6.03. The monoisotopic (exact) mass is 377 g/mol. The summed E-state index contributed by atoms with van der Waals surface area (Å²) in [5.74, 6) is 1.77. The normalized spacial score (nSPS) is 33.8. The van der Waals surface area contributed by atoms with Gasteiger partial charge in [0.25, 0.3) is 0 Å². The highest BCUT2D eigenvalue weighted by Crippen LogP contribution is 2.51. The van der Waals surface area contributed by atoms with Gasteiger partial charge in [-0.25, -0.2) is 0 Å². The molecule has 27 heavy (non-hydrogen) atoms. The third-order valence-corrected chi connectivity index (χ3v) is 6.81. The maximum absolute atomic E-state index is 12.0. The molecule has 3 atom stereocenters. The largest absolute Gasteiger partial charge is 0.377 e. The van der Waals surface area contributed by atoms with Crippen molar-refractivity contribution in [2.24, 2.45) is 16.3 Å². The predicted octanol–water partition coefficient (Wildman–Crippen LogP) is 0.662. The molecule has 4 rings (SSSR count). The van der Waals surface area contributed by atoms with Gasteiger partial charge in [0.1, 0.15) is 0 Å². The maximum Gasteiger partial charge on any atom is 0.234 e. The number of carbonyl (C=O) groups excluding carboxylic acids is 1. The number of rotatable bonds is 4. The number of aliphatic imine (C=N–C) groups is 1. The van der Waals surface area contributed by atoms with Crippen LogP contribution in [-0.2, 0) is 9.53 Å². The van der Waals surface area contributed by atoms with Crippen LogP contribution in [0, 0.1) is 11.3 Å². The second kappa shape index (κ2) is 7.59. The summed E-state index contributed by atoms with van der Waals surface area (Å²) in [6, 6.07) is 0.865. The number of carbonyl (C=O) groups is 1. The Hall–Kier alpha value is -1.34. The number of guanidine groups is 1. The third-order valence-electron chi connectivity index (χ3n) is 6.81. The van der Waals surface area contributed by atoms with Gasteiger partial charge in [-0.2, -0.15) is 0 Å². The lowest BCUT2D eigenvalue weighted by Crippen LogP contribution is -2.71. The predicted molar refractivity (Wildman–Crippen MR) is 106 cm³/mol. The highest BCUT2D eigenvalue weighted by Gasteiger charge is 2.58. The van der Waals surface area contributed by atoms with Gasteiger partial charge in [-0.3, -0.25) is 14.7 Å². The Morgan fingerprint density at radius 2 is 1.89 bits per heavy atom. The summed E-state index contributed by atoms with van der Waals surface area (Å²) in [4.78, 5) is 21.2. The van der Waals surface area contributed by atoms with E-state index in [1.807, 2.05) is 7.05 Å². The van der Waals surface area contributed by atoms with E-state index in [1.165, 1.54) is 6.42 Å². The van der Waals surface area contributed by atoms with E-state index in [0.29, 0.717) is 30.7 Å². The van der Waals surface area contributed by atoms with Crippen LogP contribution in [0.25, 0.3) is 0 Å². The molecule has 0 bridgehead atoms. The van der Waals surface area contributed by atoms with E-state index in [2.05, 4.69) is 39.3 Å². The minimum atomic E-state index is 0.143. The van der Waals surface area contributed by atoms with Crippen LogP contribution in [0.2, 0.25) is 0 Å². The highest BCUT2D eigenvalue weighted by atomic mass is 16.5. The molecule has 0 spiro atoms. The lowest BCUT2D eigenvalue weighted by Gasteiger charge is -2.60. The van der Waals surface area contributed by atoms with E-state index in [1.54, 1.807) is 0 Å². The highest BCUT2D eigenvalue weighted by molar-refractivity contribution is 5.81. The summed E-state index contributed by atoms with van der Waals surface area (Å²) in [7, 11) is 1.87. The fourth-order valence-corrected chi connectivity index (χ4v) is 5.07. The van der Waals surface area contributed by atoms with Crippen molar-refractivity contribution in [3.05, 3.63) is 0 Å². The zero-order valence-corrected chi connectivity index (χ0v) is 17.0. The molecule has 0 radical (unpaired) electrons. The topological polar surface area (TPSA) is 69.2 Å². The molecule has 2 saturated carbocycles. The van der Waals surface area contributed by atoms with Crippen molar-refractivity contribution in [3.8, 4) is 0 Å². The molecular formula is C20H35N5O2. The molecule has 0 aromatic carbocycles. The van der Waals surface area contributed by atoms with Crippen LogP contribution in [-0.4, -0.2) is 86.2 Å². The summed E-state index contributed by atoms with van der Waals surface area (Å²) in [6.07, 6.45) is 5.07. The van der Waals surface area contributed by atoms with Crippen LogP contribution >= 0.6 is 0 Å². The molecule has 152 valence electrons. The number of ether oxygens (including phenoxy) is 1. The first-order valence-electron chi connectivity index (χ1n) is 10.6. The number of fused-ring (bicyclic) bond motifs is 1. The Labute approximate surface area is 162 Å². The first-order valence-corrected chi connectivity index (χ1v) is 10.6. The zero-order valence-electron chi connectivity index (χ0n) is 17.0. The van der Waals surface area contributed by atoms with Gasteiger partial charge < -0.3 is 20.3 Å². The van der Waals surface area contributed by atoms with Gasteiger partial charge in [0, 0.05) is 63.3 Å². The Morgan fingerprint density at radius 1 is 1.15 bits per heavy atom. The van der Waals surface area contributed by atoms with Crippen molar-refractivity contribution in [2.45, 2.75) is 57.7 Å². The van der Waals surface area contributed by atoms with Crippen molar-refractivity contribution in [1.82, 2.24) is 20.4 Å². The second-order valence-corrected chi connectivity index (χ2v) is 9.19. The van der Waals surface area contributed by atoms with Crippen molar-refractivity contribution in [3.63, 3.8) is 0 Å². The fourth-order valence-electron chi connectivity index (χ4n) is 5.07. The molecule has 7 nitrogen and oxygen atoms in total. The van der Waals surface area contributed by atoms with Crippen LogP contribution in [0.3, 0.4) is 0 Å². The molecule has 7 heteroatoms. The van der Waals surface area contributed by atoms with Crippen LogP contribution < -0.4 is 10.6 Å². The third kappa shape index (κ3) is 3.94. The average molecular weight is 378 g/mol. The van der Waals surface area contributed by atoms with E-state index in [-0.39, 0.29) is 11.3 Å². The molecule has 3 unspecified atom stereocenters. The van der Waals surface area contributed by atoms with Gasteiger partial charge in [0.15, 0.2) is 5.96 Å².